The largest absolute Gasteiger partial charge is 0.352 e. The van der Waals surface area contributed by atoms with Crippen molar-refractivity contribution < 1.29 is 9.53 Å². The van der Waals surface area contributed by atoms with Gasteiger partial charge in [0.05, 0.1) is 6.10 Å². The topological polar surface area (TPSA) is 29.5 Å². The van der Waals surface area contributed by atoms with Crippen LogP contribution in [0.5, 0.6) is 0 Å². The zero-order chi connectivity index (χ0) is 11.5. The average Bonchev–Trinajstić information content (AvgIpc) is 2.60. The first-order valence-corrected chi connectivity index (χ1v) is 6.34. The lowest BCUT2D eigenvalue weighted by atomic mass is 9.94. The summed E-state index contributed by atoms with van der Waals surface area (Å²) in [6, 6.07) is 0.389. The van der Waals surface area contributed by atoms with Crippen LogP contribution in [0, 0.1) is 0 Å². The van der Waals surface area contributed by atoms with Gasteiger partial charge in [-0.2, -0.15) is 0 Å². The molecule has 1 fully saturated rings. The van der Waals surface area contributed by atoms with Crippen LogP contribution in [0.4, 0.5) is 0 Å². The number of carbonyl (C=O) groups is 1. The molecule has 0 unspecified atom stereocenters. The first kappa shape index (κ1) is 11.6. The Hall–Kier alpha value is -0.830. The quantitative estimate of drug-likeness (QED) is 0.735. The molecule has 1 heterocycles. The third-order valence-electron chi connectivity index (χ3n) is 3.31. The van der Waals surface area contributed by atoms with Crippen molar-refractivity contribution in [2.75, 3.05) is 0 Å². The number of ether oxygens (including phenoxy) is 1. The summed E-state index contributed by atoms with van der Waals surface area (Å²) < 4.78 is 5.77. The van der Waals surface area contributed by atoms with Gasteiger partial charge in [-0.05, 0) is 32.8 Å². The molecule has 0 bridgehead atoms. The Bertz CT molecular complexity index is 280. The van der Waals surface area contributed by atoms with E-state index in [1.54, 1.807) is 6.08 Å². The predicted molar refractivity (Wildman–Crippen MR) is 62.9 cm³/mol. The van der Waals surface area contributed by atoms with E-state index in [4.69, 9.17) is 4.74 Å². The fraction of sp³-hybridized carbons (Fsp3) is 0.769. The number of hydrogen-bond donors (Lipinski definition) is 0. The summed E-state index contributed by atoms with van der Waals surface area (Å²) in [5.74, 6) is 0.123. The van der Waals surface area contributed by atoms with E-state index in [1.807, 2.05) is 24.8 Å². The summed E-state index contributed by atoms with van der Waals surface area (Å²) in [5.41, 5.74) is 0. The summed E-state index contributed by atoms with van der Waals surface area (Å²) >= 11 is 0. The molecule has 1 saturated carbocycles. The summed E-state index contributed by atoms with van der Waals surface area (Å²) in [7, 11) is 0. The SMILES string of the molecule is CC(C)O[C@@H]1C=CC(=O)N1C1CCCCC1. The van der Waals surface area contributed by atoms with Gasteiger partial charge in [0.2, 0.25) is 5.91 Å². The van der Waals surface area contributed by atoms with Crippen LogP contribution in [0.15, 0.2) is 12.2 Å². The molecule has 0 spiro atoms. The maximum Gasteiger partial charge on any atom is 0.248 e. The fourth-order valence-electron chi connectivity index (χ4n) is 2.61. The minimum absolute atomic E-state index is 0.123. The average molecular weight is 223 g/mol. The van der Waals surface area contributed by atoms with E-state index in [0.29, 0.717) is 6.04 Å². The molecule has 1 aliphatic heterocycles. The van der Waals surface area contributed by atoms with Crippen LogP contribution in [0.1, 0.15) is 46.0 Å². The van der Waals surface area contributed by atoms with Gasteiger partial charge in [0.15, 0.2) is 6.23 Å². The van der Waals surface area contributed by atoms with Gasteiger partial charge in [-0.25, -0.2) is 0 Å². The van der Waals surface area contributed by atoms with Crippen molar-refractivity contribution >= 4 is 5.91 Å². The molecule has 1 aliphatic carbocycles. The lowest BCUT2D eigenvalue weighted by Crippen LogP contribution is -2.45. The smallest absolute Gasteiger partial charge is 0.248 e. The highest BCUT2D eigenvalue weighted by Crippen LogP contribution is 2.27. The van der Waals surface area contributed by atoms with E-state index in [0.717, 1.165) is 12.8 Å². The highest BCUT2D eigenvalue weighted by atomic mass is 16.5. The maximum absolute atomic E-state index is 11.8. The van der Waals surface area contributed by atoms with Crippen molar-refractivity contribution in [2.24, 2.45) is 0 Å². The van der Waals surface area contributed by atoms with E-state index >= 15 is 0 Å². The van der Waals surface area contributed by atoms with Gasteiger partial charge in [0, 0.05) is 12.1 Å². The molecule has 0 saturated heterocycles. The molecule has 2 aliphatic rings. The van der Waals surface area contributed by atoms with Crippen molar-refractivity contribution in [3.8, 4) is 0 Å². The van der Waals surface area contributed by atoms with Gasteiger partial charge in [-0.3, -0.25) is 4.79 Å². The number of rotatable bonds is 3. The zero-order valence-corrected chi connectivity index (χ0v) is 10.2. The van der Waals surface area contributed by atoms with Crippen molar-refractivity contribution in [3.63, 3.8) is 0 Å². The number of amides is 1. The molecular weight excluding hydrogens is 202 g/mol. The van der Waals surface area contributed by atoms with E-state index in [2.05, 4.69) is 0 Å². The second kappa shape index (κ2) is 5.00. The highest BCUT2D eigenvalue weighted by molar-refractivity contribution is 5.90. The first-order chi connectivity index (χ1) is 7.68. The Kier molecular flexibility index (Phi) is 3.64. The number of hydrogen-bond acceptors (Lipinski definition) is 2. The Morgan fingerprint density at radius 3 is 2.62 bits per heavy atom. The van der Waals surface area contributed by atoms with E-state index in [9.17, 15) is 4.79 Å². The van der Waals surface area contributed by atoms with Crippen LogP contribution in [-0.2, 0) is 9.53 Å². The third-order valence-corrected chi connectivity index (χ3v) is 3.31. The van der Waals surface area contributed by atoms with Crippen LogP contribution < -0.4 is 0 Å². The van der Waals surface area contributed by atoms with E-state index < -0.39 is 0 Å². The zero-order valence-electron chi connectivity index (χ0n) is 10.2. The molecule has 1 atom stereocenters. The molecule has 3 nitrogen and oxygen atoms in total. The molecule has 0 aromatic carbocycles. The normalized spacial score (nSPS) is 27.1. The molecule has 0 N–H and O–H groups in total. The van der Waals surface area contributed by atoms with Crippen LogP contribution >= 0.6 is 0 Å². The van der Waals surface area contributed by atoms with Crippen LogP contribution in [0.3, 0.4) is 0 Å². The van der Waals surface area contributed by atoms with Gasteiger partial charge in [-0.1, -0.05) is 19.3 Å². The van der Waals surface area contributed by atoms with Gasteiger partial charge in [0.1, 0.15) is 0 Å². The summed E-state index contributed by atoms with van der Waals surface area (Å²) in [4.78, 5) is 13.8. The molecule has 1 amide bonds. The van der Waals surface area contributed by atoms with Gasteiger partial charge in [0.25, 0.3) is 0 Å². The molecule has 0 aromatic heterocycles. The lowest BCUT2D eigenvalue weighted by molar-refractivity contribution is -0.142. The molecule has 3 heteroatoms. The molecule has 0 aromatic rings. The first-order valence-electron chi connectivity index (χ1n) is 6.34. The maximum atomic E-state index is 11.8. The number of carbonyl (C=O) groups excluding carboxylic acids is 1. The summed E-state index contributed by atoms with van der Waals surface area (Å²) in [6.45, 7) is 4.02. The van der Waals surface area contributed by atoms with E-state index in [1.165, 1.54) is 19.3 Å². The van der Waals surface area contributed by atoms with Gasteiger partial charge < -0.3 is 9.64 Å². The van der Waals surface area contributed by atoms with Crippen molar-refractivity contribution in [1.29, 1.82) is 0 Å². The Labute approximate surface area is 97.5 Å². The molecule has 0 radical (unpaired) electrons. The van der Waals surface area contributed by atoms with Gasteiger partial charge >= 0.3 is 0 Å². The Morgan fingerprint density at radius 1 is 1.31 bits per heavy atom. The van der Waals surface area contributed by atoms with Crippen molar-refractivity contribution in [3.05, 3.63) is 12.2 Å². The highest BCUT2D eigenvalue weighted by Gasteiger charge is 2.33. The molecular formula is C13H21NO2. The fourth-order valence-corrected chi connectivity index (χ4v) is 2.61. The third kappa shape index (κ3) is 2.46. The van der Waals surface area contributed by atoms with Crippen LogP contribution in [-0.4, -0.2) is 29.2 Å². The van der Waals surface area contributed by atoms with Crippen LogP contribution in [0.2, 0.25) is 0 Å². The summed E-state index contributed by atoms with van der Waals surface area (Å²) in [5, 5.41) is 0. The van der Waals surface area contributed by atoms with E-state index in [-0.39, 0.29) is 18.2 Å². The standard InChI is InChI=1S/C13H21NO2/c1-10(2)16-13-9-8-12(15)14(13)11-6-4-3-5-7-11/h8-11,13H,3-7H2,1-2H3/t13-/m1/s1. The Balaban J connectivity index is 2.01. The number of nitrogens with zero attached hydrogens (tertiary/aromatic N) is 1. The van der Waals surface area contributed by atoms with Crippen LogP contribution in [0.25, 0.3) is 0 Å². The van der Waals surface area contributed by atoms with Crippen molar-refractivity contribution in [1.82, 2.24) is 4.90 Å². The second-order valence-corrected chi connectivity index (χ2v) is 4.97. The molecule has 16 heavy (non-hydrogen) atoms. The minimum Gasteiger partial charge on any atom is -0.352 e. The second-order valence-electron chi connectivity index (χ2n) is 4.97. The molecule has 2 rings (SSSR count). The van der Waals surface area contributed by atoms with Gasteiger partial charge in [-0.15, -0.1) is 0 Å². The monoisotopic (exact) mass is 223 g/mol. The molecule has 90 valence electrons. The lowest BCUT2D eigenvalue weighted by Gasteiger charge is -2.36. The predicted octanol–water partition coefficient (Wildman–Crippen LogP) is 2.47. The minimum atomic E-state index is -0.129. The van der Waals surface area contributed by atoms with Crippen molar-refractivity contribution in [2.45, 2.75) is 64.3 Å². The summed E-state index contributed by atoms with van der Waals surface area (Å²) in [6.07, 6.45) is 9.62. The Morgan fingerprint density at radius 2 is 2.00 bits per heavy atom.